The molecule has 0 heterocycles. The third-order valence-electron chi connectivity index (χ3n) is 1.58. The summed E-state index contributed by atoms with van der Waals surface area (Å²) in [6.45, 7) is 1.61. The van der Waals surface area contributed by atoms with Gasteiger partial charge in [-0.3, -0.25) is 4.79 Å². The number of rotatable bonds is 8. The van der Waals surface area contributed by atoms with Gasteiger partial charge in [-0.2, -0.15) is 0 Å². The van der Waals surface area contributed by atoms with E-state index < -0.39 is 5.97 Å². The summed E-state index contributed by atoms with van der Waals surface area (Å²) < 4.78 is 0. The highest BCUT2D eigenvalue weighted by Crippen LogP contribution is 1.96. The van der Waals surface area contributed by atoms with Crippen LogP contribution in [0.5, 0.6) is 0 Å². The number of aliphatic carboxylic acids is 1. The maximum absolute atomic E-state index is 10.1. The smallest absolute Gasteiger partial charge is 0.317 e. The van der Waals surface area contributed by atoms with Crippen molar-refractivity contribution in [2.45, 2.75) is 25.7 Å². The zero-order chi connectivity index (χ0) is 9.23. The molecule has 0 aromatic heterocycles. The number of nitrogens with two attached hydrogens (primary N) is 1. The lowest BCUT2D eigenvalue weighted by atomic mass is 10.2. The molecule has 0 fully saturated rings. The van der Waals surface area contributed by atoms with Crippen LogP contribution in [0.2, 0.25) is 0 Å². The molecule has 0 radical (unpaired) electrons. The third kappa shape index (κ3) is 9.39. The molecule has 4 heteroatoms. The van der Waals surface area contributed by atoms with Crippen LogP contribution in [0.3, 0.4) is 0 Å². The van der Waals surface area contributed by atoms with Gasteiger partial charge in [0.15, 0.2) is 0 Å². The molecule has 0 saturated carbocycles. The summed E-state index contributed by atoms with van der Waals surface area (Å²) in [5.74, 6) is -0.794. The van der Waals surface area contributed by atoms with Crippen LogP contribution < -0.4 is 11.1 Å². The number of unbranched alkanes of at least 4 members (excludes halogenated alkanes) is 3. The quantitative estimate of drug-likeness (QED) is 0.459. The van der Waals surface area contributed by atoms with Gasteiger partial charge in [-0.1, -0.05) is 12.8 Å². The second-order valence-corrected chi connectivity index (χ2v) is 2.77. The lowest BCUT2D eigenvalue weighted by Gasteiger charge is -2.00. The van der Waals surface area contributed by atoms with E-state index in [1.807, 2.05) is 0 Å². The number of carboxylic acids is 1. The molecule has 0 aromatic rings. The first kappa shape index (κ1) is 11.4. The van der Waals surface area contributed by atoms with E-state index in [-0.39, 0.29) is 6.54 Å². The van der Waals surface area contributed by atoms with E-state index in [9.17, 15) is 4.79 Å². The van der Waals surface area contributed by atoms with Crippen molar-refractivity contribution in [3.8, 4) is 0 Å². The van der Waals surface area contributed by atoms with Crippen LogP contribution in [0.25, 0.3) is 0 Å². The summed E-state index contributed by atoms with van der Waals surface area (Å²) in [7, 11) is 0. The fourth-order valence-corrected chi connectivity index (χ4v) is 0.943. The van der Waals surface area contributed by atoms with Gasteiger partial charge in [-0.15, -0.1) is 0 Å². The molecule has 0 aliphatic rings. The van der Waals surface area contributed by atoms with Gasteiger partial charge in [0, 0.05) is 0 Å². The molecule has 12 heavy (non-hydrogen) atoms. The Morgan fingerprint density at radius 1 is 1.25 bits per heavy atom. The van der Waals surface area contributed by atoms with E-state index in [0.29, 0.717) is 0 Å². The molecule has 0 unspecified atom stereocenters. The molecule has 0 spiro atoms. The largest absolute Gasteiger partial charge is 0.480 e. The lowest BCUT2D eigenvalue weighted by Crippen LogP contribution is -2.23. The third-order valence-corrected chi connectivity index (χ3v) is 1.58. The summed E-state index contributed by atoms with van der Waals surface area (Å²) in [4.78, 5) is 10.1. The van der Waals surface area contributed by atoms with E-state index in [1.165, 1.54) is 0 Å². The molecule has 0 atom stereocenters. The van der Waals surface area contributed by atoms with E-state index >= 15 is 0 Å². The Labute approximate surface area is 73.1 Å². The van der Waals surface area contributed by atoms with Crippen LogP contribution in [-0.4, -0.2) is 30.7 Å². The molecule has 0 aliphatic carbocycles. The van der Waals surface area contributed by atoms with Crippen LogP contribution >= 0.6 is 0 Å². The minimum Gasteiger partial charge on any atom is -0.480 e. The molecule has 0 amide bonds. The minimum absolute atomic E-state index is 0.0664. The first-order valence-electron chi connectivity index (χ1n) is 4.40. The fourth-order valence-electron chi connectivity index (χ4n) is 0.943. The van der Waals surface area contributed by atoms with Crippen molar-refractivity contribution < 1.29 is 9.90 Å². The highest BCUT2D eigenvalue weighted by molar-refractivity contribution is 5.68. The summed E-state index contributed by atoms with van der Waals surface area (Å²) in [6, 6.07) is 0. The second kappa shape index (κ2) is 8.49. The monoisotopic (exact) mass is 174 g/mol. The normalized spacial score (nSPS) is 10.1. The average molecular weight is 174 g/mol. The Balaban J connectivity index is 2.86. The Morgan fingerprint density at radius 2 is 1.92 bits per heavy atom. The fraction of sp³-hybridized carbons (Fsp3) is 0.875. The van der Waals surface area contributed by atoms with Gasteiger partial charge in [0.1, 0.15) is 0 Å². The van der Waals surface area contributed by atoms with Gasteiger partial charge < -0.3 is 16.2 Å². The highest BCUT2D eigenvalue weighted by atomic mass is 16.4. The summed E-state index contributed by atoms with van der Waals surface area (Å²) >= 11 is 0. The molecular formula is C8H18N2O2. The molecular weight excluding hydrogens is 156 g/mol. The Kier molecular flexibility index (Phi) is 8.05. The standard InChI is InChI=1S/C8H18N2O2/c9-5-3-1-2-4-6-10-7-8(11)12/h10H,1-7,9H2,(H,11,12). The first-order chi connectivity index (χ1) is 5.77. The molecule has 0 rings (SSSR count). The van der Waals surface area contributed by atoms with Gasteiger partial charge in [-0.25, -0.2) is 0 Å². The number of hydrogen-bond acceptors (Lipinski definition) is 3. The number of hydrogen-bond donors (Lipinski definition) is 3. The summed E-state index contributed by atoms with van der Waals surface area (Å²) in [5, 5.41) is 11.1. The van der Waals surface area contributed by atoms with Crippen molar-refractivity contribution >= 4 is 5.97 Å². The molecule has 72 valence electrons. The van der Waals surface area contributed by atoms with Crippen molar-refractivity contribution in [1.29, 1.82) is 0 Å². The van der Waals surface area contributed by atoms with Gasteiger partial charge in [0.2, 0.25) is 0 Å². The minimum atomic E-state index is -0.794. The van der Waals surface area contributed by atoms with Gasteiger partial charge in [0.25, 0.3) is 0 Å². The zero-order valence-corrected chi connectivity index (χ0v) is 7.38. The topological polar surface area (TPSA) is 75.3 Å². The summed E-state index contributed by atoms with van der Waals surface area (Å²) in [5.41, 5.74) is 5.32. The van der Waals surface area contributed by atoms with Gasteiger partial charge in [-0.05, 0) is 25.9 Å². The van der Waals surface area contributed by atoms with Crippen molar-refractivity contribution in [2.75, 3.05) is 19.6 Å². The Hall–Kier alpha value is -0.610. The predicted octanol–water partition coefficient (Wildman–Crippen LogP) is 0.180. The highest BCUT2D eigenvalue weighted by Gasteiger charge is 1.93. The molecule has 4 nitrogen and oxygen atoms in total. The molecule has 0 aliphatic heterocycles. The van der Waals surface area contributed by atoms with Crippen LogP contribution in [0.4, 0.5) is 0 Å². The predicted molar refractivity (Wildman–Crippen MR) is 48.0 cm³/mol. The maximum atomic E-state index is 10.1. The average Bonchev–Trinajstić information content (AvgIpc) is 2.02. The van der Waals surface area contributed by atoms with Crippen molar-refractivity contribution in [3.05, 3.63) is 0 Å². The Bertz CT molecular complexity index is 118. The zero-order valence-electron chi connectivity index (χ0n) is 7.38. The molecule has 0 bridgehead atoms. The van der Waals surface area contributed by atoms with E-state index in [0.717, 1.165) is 38.8 Å². The van der Waals surface area contributed by atoms with Gasteiger partial charge >= 0.3 is 5.97 Å². The van der Waals surface area contributed by atoms with Crippen LogP contribution in [0, 0.1) is 0 Å². The maximum Gasteiger partial charge on any atom is 0.317 e. The lowest BCUT2D eigenvalue weighted by molar-refractivity contribution is -0.135. The Morgan fingerprint density at radius 3 is 2.50 bits per heavy atom. The molecule has 4 N–H and O–H groups in total. The second-order valence-electron chi connectivity index (χ2n) is 2.77. The van der Waals surface area contributed by atoms with E-state index in [1.54, 1.807) is 0 Å². The molecule has 0 aromatic carbocycles. The number of nitrogens with one attached hydrogen (secondary N) is 1. The number of carbonyl (C=O) groups is 1. The van der Waals surface area contributed by atoms with Crippen molar-refractivity contribution in [1.82, 2.24) is 5.32 Å². The van der Waals surface area contributed by atoms with Crippen molar-refractivity contribution in [3.63, 3.8) is 0 Å². The SMILES string of the molecule is NCCCCCCNCC(=O)O. The van der Waals surface area contributed by atoms with E-state index in [4.69, 9.17) is 10.8 Å². The van der Waals surface area contributed by atoms with Gasteiger partial charge in [0.05, 0.1) is 6.54 Å². The number of carboxylic acid groups (broad SMARTS) is 1. The van der Waals surface area contributed by atoms with Crippen molar-refractivity contribution in [2.24, 2.45) is 5.73 Å². The van der Waals surface area contributed by atoms with Crippen LogP contribution in [0.15, 0.2) is 0 Å². The van der Waals surface area contributed by atoms with Crippen LogP contribution in [0.1, 0.15) is 25.7 Å². The molecule has 0 saturated heterocycles. The first-order valence-corrected chi connectivity index (χ1v) is 4.40. The van der Waals surface area contributed by atoms with Crippen LogP contribution in [-0.2, 0) is 4.79 Å². The summed E-state index contributed by atoms with van der Waals surface area (Å²) in [6.07, 6.45) is 4.38. The van der Waals surface area contributed by atoms with E-state index in [2.05, 4.69) is 5.32 Å².